The number of carbonyl (C=O) groups excluding carboxylic acids is 1. The highest BCUT2D eigenvalue weighted by molar-refractivity contribution is 7.99. The molecule has 2 N–H and O–H groups in total. The number of hydrogen-bond acceptors (Lipinski definition) is 7. The predicted octanol–water partition coefficient (Wildman–Crippen LogP) is 0.229. The Morgan fingerprint density at radius 1 is 1.29 bits per heavy atom. The van der Waals surface area contributed by atoms with Crippen molar-refractivity contribution in [3.8, 4) is 0 Å². The molecule has 2 saturated heterocycles. The zero-order valence-corrected chi connectivity index (χ0v) is 14.4. The number of likely N-dealkylation sites (tertiary alicyclic amines) is 1. The minimum Gasteiger partial charge on any atom is -0.382 e. The zero-order chi connectivity index (χ0) is 16.7. The van der Waals surface area contributed by atoms with Crippen molar-refractivity contribution in [2.45, 2.75) is 19.0 Å². The molecule has 2 aliphatic heterocycles. The molecule has 2 fully saturated rings. The Morgan fingerprint density at radius 2 is 2.04 bits per heavy atom. The van der Waals surface area contributed by atoms with E-state index in [1.54, 1.807) is 6.33 Å². The van der Waals surface area contributed by atoms with E-state index < -0.39 is 0 Å². The van der Waals surface area contributed by atoms with Crippen LogP contribution in [0.5, 0.6) is 0 Å². The average Bonchev–Trinajstić information content (AvgIpc) is 2.99. The minimum absolute atomic E-state index is 0.0376. The lowest BCUT2D eigenvalue weighted by Crippen LogP contribution is -2.57. The van der Waals surface area contributed by atoms with Crippen molar-refractivity contribution in [2.75, 3.05) is 43.4 Å². The number of aromatic nitrogens is 4. The van der Waals surface area contributed by atoms with Crippen LogP contribution < -0.4 is 5.73 Å². The highest BCUT2D eigenvalue weighted by atomic mass is 32.2. The highest BCUT2D eigenvalue weighted by Gasteiger charge is 2.36. The Labute approximate surface area is 144 Å². The first kappa shape index (κ1) is 15.6. The third-order valence-electron chi connectivity index (χ3n) is 4.91. The van der Waals surface area contributed by atoms with Crippen LogP contribution in [0.15, 0.2) is 12.7 Å². The Morgan fingerprint density at radius 3 is 2.79 bits per heavy atom. The quantitative estimate of drug-likeness (QED) is 0.849. The first-order valence-corrected chi connectivity index (χ1v) is 9.34. The van der Waals surface area contributed by atoms with Crippen molar-refractivity contribution in [1.29, 1.82) is 0 Å². The van der Waals surface area contributed by atoms with Crippen LogP contribution in [0.25, 0.3) is 11.2 Å². The molecule has 0 aliphatic carbocycles. The number of amides is 1. The fourth-order valence-electron chi connectivity index (χ4n) is 3.33. The second kappa shape index (κ2) is 6.21. The van der Waals surface area contributed by atoms with Crippen LogP contribution in [0.4, 0.5) is 5.82 Å². The van der Waals surface area contributed by atoms with E-state index in [9.17, 15) is 4.79 Å². The maximum absolute atomic E-state index is 12.7. The minimum atomic E-state index is -0.0376. The average molecular weight is 347 g/mol. The number of fused-ring (bicyclic) bond motifs is 1. The third-order valence-corrected chi connectivity index (χ3v) is 5.85. The molecular weight excluding hydrogens is 326 g/mol. The predicted molar refractivity (Wildman–Crippen MR) is 93.7 cm³/mol. The summed E-state index contributed by atoms with van der Waals surface area (Å²) >= 11 is 1.96. The molecule has 0 saturated carbocycles. The van der Waals surface area contributed by atoms with Crippen LogP contribution in [0, 0.1) is 0 Å². The van der Waals surface area contributed by atoms with E-state index in [0.717, 1.165) is 30.2 Å². The zero-order valence-electron chi connectivity index (χ0n) is 13.6. The van der Waals surface area contributed by atoms with Gasteiger partial charge in [-0.05, 0) is 6.92 Å². The van der Waals surface area contributed by atoms with E-state index in [2.05, 4.69) is 19.9 Å². The Kier molecular flexibility index (Phi) is 4.05. The van der Waals surface area contributed by atoms with Gasteiger partial charge in [-0.15, -0.1) is 0 Å². The third kappa shape index (κ3) is 2.61. The largest absolute Gasteiger partial charge is 0.382 e. The number of imidazole rings is 1. The number of anilines is 1. The summed E-state index contributed by atoms with van der Waals surface area (Å²) in [5.41, 5.74) is 7.19. The topological polar surface area (TPSA) is 93.2 Å². The normalized spacial score (nSPS) is 21.0. The van der Waals surface area contributed by atoms with E-state index >= 15 is 0 Å². The van der Waals surface area contributed by atoms with Crippen LogP contribution in [-0.2, 0) is 4.79 Å². The van der Waals surface area contributed by atoms with Gasteiger partial charge in [-0.2, -0.15) is 11.8 Å². The van der Waals surface area contributed by atoms with Gasteiger partial charge >= 0.3 is 0 Å². The van der Waals surface area contributed by atoms with Crippen LogP contribution in [0.3, 0.4) is 0 Å². The number of thioether (sulfide) groups is 1. The lowest BCUT2D eigenvalue weighted by atomic mass is 10.1. The Bertz CT molecular complexity index is 751. The fourth-order valence-corrected chi connectivity index (χ4v) is 4.26. The van der Waals surface area contributed by atoms with E-state index in [1.807, 2.05) is 28.2 Å². The van der Waals surface area contributed by atoms with Gasteiger partial charge in [0.1, 0.15) is 11.8 Å². The molecule has 4 heterocycles. The van der Waals surface area contributed by atoms with Gasteiger partial charge in [0.25, 0.3) is 0 Å². The first-order valence-electron chi connectivity index (χ1n) is 8.18. The van der Waals surface area contributed by atoms with E-state index in [0.29, 0.717) is 24.4 Å². The molecule has 2 aromatic rings. The molecule has 0 aromatic carbocycles. The van der Waals surface area contributed by atoms with Crippen molar-refractivity contribution >= 4 is 34.7 Å². The van der Waals surface area contributed by atoms with Crippen molar-refractivity contribution in [3.63, 3.8) is 0 Å². The van der Waals surface area contributed by atoms with Crippen molar-refractivity contribution < 1.29 is 4.79 Å². The summed E-state index contributed by atoms with van der Waals surface area (Å²) in [6, 6.07) is 0.168. The number of hydrogen-bond donors (Lipinski definition) is 1. The van der Waals surface area contributed by atoms with Crippen molar-refractivity contribution in [3.05, 3.63) is 12.7 Å². The molecule has 9 heteroatoms. The van der Waals surface area contributed by atoms with Crippen LogP contribution in [0.2, 0.25) is 0 Å². The van der Waals surface area contributed by atoms with E-state index in [4.69, 9.17) is 5.73 Å². The summed E-state index contributed by atoms with van der Waals surface area (Å²) in [4.78, 5) is 29.4. The smallest absolute Gasteiger partial charge is 0.239 e. The van der Waals surface area contributed by atoms with Crippen molar-refractivity contribution in [1.82, 2.24) is 29.3 Å². The number of carbonyl (C=O) groups is 1. The molecule has 24 heavy (non-hydrogen) atoms. The number of nitrogens with two attached hydrogens (primary N) is 1. The fraction of sp³-hybridized carbons (Fsp3) is 0.600. The molecule has 128 valence electrons. The van der Waals surface area contributed by atoms with Gasteiger partial charge in [0.2, 0.25) is 5.91 Å². The second-order valence-electron chi connectivity index (χ2n) is 6.30. The maximum Gasteiger partial charge on any atom is 0.239 e. The summed E-state index contributed by atoms with van der Waals surface area (Å²) in [7, 11) is 0. The van der Waals surface area contributed by atoms with Gasteiger partial charge in [0.15, 0.2) is 11.5 Å². The lowest BCUT2D eigenvalue weighted by Gasteiger charge is -2.43. The standard InChI is InChI=1S/C15H21N7OS/c1-10(20-2-4-24-5-3-20)15(23)21-6-11(7-21)22-9-19-12-13(16)17-8-18-14(12)22/h8-11H,2-7H2,1H3,(H2,16,17,18). The van der Waals surface area contributed by atoms with Gasteiger partial charge < -0.3 is 15.2 Å². The van der Waals surface area contributed by atoms with Crippen molar-refractivity contribution in [2.24, 2.45) is 0 Å². The van der Waals surface area contributed by atoms with Gasteiger partial charge in [-0.1, -0.05) is 0 Å². The molecule has 1 atom stereocenters. The molecular formula is C15H21N7OS. The molecule has 0 bridgehead atoms. The van der Waals surface area contributed by atoms with E-state index in [1.165, 1.54) is 6.33 Å². The van der Waals surface area contributed by atoms with Crippen LogP contribution in [0.1, 0.15) is 13.0 Å². The summed E-state index contributed by atoms with van der Waals surface area (Å²) in [6.07, 6.45) is 3.20. The van der Waals surface area contributed by atoms with Gasteiger partial charge in [0.05, 0.1) is 18.4 Å². The van der Waals surface area contributed by atoms with Gasteiger partial charge in [-0.25, -0.2) is 15.0 Å². The summed E-state index contributed by atoms with van der Waals surface area (Å²) < 4.78 is 2.00. The molecule has 0 radical (unpaired) electrons. The monoisotopic (exact) mass is 347 g/mol. The second-order valence-corrected chi connectivity index (χ2v) is 7.53. The molecule has 1 unspecified atom stereocenters. The molecule has 0 spiro atoms. The first-order chi connectivity index (χ1) is 11.6. The number of rotatable bonds is 3. The Hall–Kier alpha value is -1.87. The van der Waals surface area contributed by atoms with Gasteiger partial charge in [-0.3, -0.25) is 9.69 Å². The summed E-state index contributed by atoms with van der Waals surface area (Å²) in [5, 5.41) is 0. The van der Waals surface area contributed by atoms with Gasteiger partial charge in [0, 0.05) is 37.7 Å². The SMILES string of the molecule is CC(C(=O)N1CC(n2cnc3c(N)ncnc32)C1)N1CCSCC1. The highest BCUT2D eigenvalue weighted by Crippen LogP contribution is 2.27. The summed E-state index contributed by atoms with van der Waals surface area (Å²) in [5.74, 6) is 2.84. The maximum atomic E-state index is 12.7. The molecule has 2 aliphatic rings. The number of nitrogens with zero attached hydrogens (tertiary/aromatic N) is 6. The molecule has 4 rings (SSSR count). The van der Waals surface area contributed by atoms with E-state index in [-0.39, 0.29) is 18.0 Å². The number of nitrogen functional groups attached to an aromatic ring is 1. The molecule has 8 nitrogen and oxygen atoms in total. The summed E-state index contributed by atoms with van der Waals surface area (Å²) in [6.45, 7) is 5.41. The lowest BCUT2D eigenvalue weighted by molar-refractivity contribution is -0.142. The van der Waals surface area contributed by atoms with Crippen LogP contribution in [-0.4, -0.2) is 79.0 Å². The Balaban J connectivity index is 1.42. The molecule has 2 aromatic heterocycles. The van der Waals surface area contributed by atoms with Crippen LogP contribution >= 0.6 is 11.8 Å². The molecule has 1 amide bonds.